The zero-order valence-electron chi connectivity index (χ0n) is 7.24. The Hall–Kier alpha value is -0.850. The molecule has 1 aromatic rings. The highest BCUT2D eigenvalue weighted by Crippen LogP contribution is 2.22. The Kier molecular flexibility index (Phi) is 3.47. The van der Waals surface area contributed by atoms with Crippen molar-refractivity contribution in [2.24, 2.45) is 0 Å². The Bertz CT molecular complexity index is 330. The second-order valence-corrected chi connectivity index (χ2v) is 3.82. The molecule has 0 amide bonds. The molecule has 1 N–H and O–H groups in total. The first-order valence-corrected chi connectivity index (χ1v) is 4.77. The van der Waals surface area contributed by atoms with Gasteiger partial charge in [0.1, 0.15) is 0 Å². The molecule has 0 aliphatic heterocycles. The summed E-state index contributed by atoms with van der Waals surface area (Å²) in [6.07, 6.45) is -0.640. The van der Waals surface area contributed by atoms with Crippen molar-refractivity contribution in [2.75, 3.05) is 0 Å². The molecule has 0 aliphatic rings. The van der Waals surface area contributed by atoms with E-state index in [9.17, 15) is 5.11 Å². The second kappa shape index (κ2) is 4.40. The van der Waals surface area contributed by atoms with Crippen LogP contribution in [0.5, 0.6) is 0 Å². The van der Waals surface area contributed by atoms with Gasteiger partial charge in [0.25, 0.3) is 0 Å². The normalized spacial score (nSPS) is 14.6. The first kappa shape index (κ1) is 10.2. The van der Waals surface area contributed by atoms with Crippen molar-refractivity contribution in [1.82, 2.24) is 0 Å². The Morgan fingerprint density at radius 3 is 2.69 bits per heavy atom. The van der Waals surface area contributed by atoms with Crippen molar-refractivity contribution < 1.29 is 5.11 Å². The lowest BCUT2D eigenvalue weighted by Gasteiger charge is -2.12. The van der Waals surface area contributed by atoms with E-state index in [1.54, 1.807) is 6.92 Å². The summed E-state index contributed by atoms with van der Waals surface area (Å²) in [6, 6.07) is 9.50. The third kappa shape index (κ3) is 2.55. The molecule has 2 unspecified atom stereocenters. The molecule has 0 spiro atoms. The molecule has 0 fully saturated rings. The molecule has 3 heteroatoms. The Labute approximate surface area is 85.9 Å². The first-order valence-electron chi connectivity index (χ1n) is 3.98. The number of hydrogen-bond donors (Lipinski definition) is 1. The lowest BCUT2D eigenvalue weighted by Crippen LogP contribution is -2.12. The van der Waals surface area contributed by atoms with Crippen molar-refractivity contribution in [1.29, 1.82) is 5.26 Å². The fourth-order valence-corrected chi connectivity index (χ4v) is 1.58. The average Bonchev–Trinajstić information content (AvgIpc) is 2.04. The van der Waals surface area contributed by atoms with E-state index in [0.29, 0.717) is 0 Å². The van der Waals surface area contributed by atoms with Gasteiger partial charge < -0.3 is 5.11 Å². The van der Waals surface area contributed by atoms with Gasteiger partial charge in [0.15, 0.2) is 0 Å². The SMILES string of the molecule is CC(O)C(C#N)c1cccc(Br)c1. The number of aliphatic hydroxyl groups is 1. The second-order valence-electron chi connectivity index (χ2n) is 2.90. The van der Waals surface area contributed by atoms with Crippen LogP contribution in [0.1, 0.15) is 18.4 Å². The van der Waals surface area contributed by atoms with Crippen LogP contribution in [-0.4, -0.2) is 11.2 Å². The van der Waals surface area contributed by atoms with E-state index in [-0.39, 0.29) is 0 Å². The third-order valence-corrected chi connectivity index (χ3v) is 2.32. The number of nitriles is 1. The van der Waals surface area contributed by atoms with Crippen LogP contribution in [0, 0.1) is 11.3 Å². The molecule has 2 atom stereocenters. The van der Waals surface area contributed by atoms with E-state index in [4.69, 9.17) is 5.26 Å². The van der Waals surface area contributed by atoms with Crippen LogP contribution >= 0.6 is 15.9 Å². The summed E-state index contributed by atoms with van der Waals surface area (Å²) in [5, 5.41) is 18.1. The van der Waals surface area contributed by atoms with Gasteiger partial charge in [-0.3, -0.25) is 0 Å². The summed E-state index contributed by atoms with van der Waals surface area (Å²) in [5.74, 6) is -0.447. The van der Waals surface area contributed by atoms with Crippen LogP contribution in [0.15, 0.2) is 28.7 Å². The zero-order valence-corrected chi connectivity index (χ0v) is 8.82. The first-order chi connectivity index (χ1) is 6.15. The average molecular weight is 240 g/mol. The van der Waals surface area contributed by atoms with Gasteiger partial charge in [0, 0.05) is 4.47 Å². The van der Waals surface area contributed by atoms with Crippen molar-refractivity contribution in [2.45, 2.75) is 18.9 Å². The number of nitrogens with zero attached hydrogens (tertiary/aromatic N) is 1. The van der Waals surface area contributed by atoms with Crippen molar-refractivity contribution in [3.05, 3.63) is 34.3 Å². The van der Waals surface area contributed by atoms with Gasteiger partial charge in [-0.25, -0.2) is 0 Å². The minimum atomic E-state index is -0.640. The summed E-state index contributed by atoms with van der Waals surface area (Å²) < 4.78 is 0.922. The molecule has 0 bridgehead atoms. The Morgan fingerprint density at radius 1 is 1.54 bits per heavy atom. The minimum Gasteiger partial charge on any atom is -0.392 e. The van der Waals surface area contributed by atoms with E-state index < -0.39 is 12.0 Å². The molecular formula is C10H10BrNO. The monoisotopic (exact) mass is 239 g/mol. The number of hydrogen-bond acceptors (Lipinski definition) is 2. The minimum absolute atomic E-state index is 0.447. The summed E-state index contributed by atoms with van der Waals surface area (Å²) in [4.78, 5) is 0. The molecule has 13 heavy (non-hydrogen) atoms. The summed E-state index contributed by atoms with van der Waals surface area (Å²) >= 11 is 3.32. The van der Waals surface area contributed by atoms with E-state index in [1.165, 1.54) is 0 Å². The van der Waals surface area contributed by atoms with Crippen molar-refractivity contribution in [3.63, 3.8) is 0 Å². The molecule has 0 aliphatic carbocycles. The fraction of sp³-hybridized carbons (Fsp3) is 0.300. The molecule has 1 rings (SSSR count). The molecule has 0 heterocycles. The molecule has 2 nitrogen and oxygen atoms in total. The van der Waals surface area contributed by atoms with Gasteiger partial charge in [-0.2, -0.15) is 5.26 Å². The predicted molar refractivity (Wildman–Crippen MR) is 54.2 cm³/mol. The highest BCUT2D eigenvalue weighted by molar-refractivity contribution is 9.10. The highest BCUT2D eigenvalue weighted by Gasteiger charge is 2.16. The molecule has 68 valence electrons. The molecule has 0 radical (unpaired) electrons. The smallest absolute Gasteiger partial charge is 0.0969 e. The molecule has 0 aromatic heterocycles. The number of halogens is 1. The molecule has 1 aromatic carbocycles. The maximum atomic E-state index is 9.32. The Morgan fingerprint density at radius 2 is 2.23 bits per heavy atom. The molecular weight excluding hydrogens is 230 g/mol. The van der Waals surface area contributed by atoms with E-state index in [2.05, 4.69) is 22.0 Å². The standard InChI is InChI=1S/C10H10BrNO/c1-7(13)10(6-12)8-3-2-4-9(11)5-8/h2-5,7,10,13H,1H3. The number of rotatable bonds is 2. The molecule has 0 saturated carbocycles. The van der Waals surface area contributed by atoms with Crippen LogP contribution < -0.4 is 0 Å². The highest BCUT2D eigenvalue weighted by atomic mass is 79.9. The third-order valence-electron chi connectivity index (χ3n) is 1.83. The molecule has 0 saturated heterocycles. The van der Waals surface area contributed by atoms with Crippen LogP contribution in [0.2, 0.25) is 0 Å². The topological polar surface area (TPSA) is 44.0 Å². The van der Waals surface area contributed by atoms with Crippen molar-refractivity contribution >= 4 is 15.9 Å². The van der Waals surface area contributed by atoms with Crippen molar-refractivity contribution in [3.8, 4) is 6.07 Å². The summed E-state index contributed by atoms with van der Waals surface area (Å²) in [7, 11) is 0. The van der Waals surface area contributed by atoms with Gasteiger partial charge in [-0.05, 0) is 24.6 Å². The Balaban J connectivity index is 3.00. The van der Waals surface area contributed by atoms with Gasteiger partial charge in [0.2, 0.25) is 0 Å². The van der Waals surface area contributed by atoms with Crippen LogP contribution in [0.3, 0.4) is 0 Å². The number of aliphatic hydroxyl groups excluding tert-OH is 1. The van der Waals surface area contributed by atoms with Crippen LogP contribution in [0.25, 0.3) is 0 Å². The quantitative estimate of drug-likeness (QED) is 0.862. The van der Waals surface area contributed by atoms with E-state index in [0.717, 1.165) is 10.0 Å². The van der Waals surface area contributed by atoms with Gasteiger partial charge >= 0.3 is 0 Å². The maximum absolute atomic E-state index is 9.32. The van der Waals surface area contributed by atoms with Crippen LogP contribution in [0.4, 0.5) is 0 Å². The fourth-order valence-electron chi connectivity index (χ4n) is 1.16. The predicted octanol–water partition coefficient (Wildman–Crippen LogP) is 2.44. The van der Waals surface area contributed by atoms with Crippen LogP contribution in [-0.2, 0) is 0 Å². The zero-order chi connectivity index (χ0) is 9.84. The van der Waals surface area contributed by atoms with E-state index in [1.807, 2.05) is 24.3 Å². The number of benzene rings is 1. The lowest BCUT2D eigenvalue weighted by molar-refractivity contribution is 0.181. The van der Waals surface area contributed by atoms with Gasteiger partial charge in [-0.1, -0.05) is 28.1 Å². The summed E-state index contributed by atoms with van der Waals surface area (Å²) in [6.45, 7) is 1.62. The maximum Gasteiger partial charge on any atom is 0.0969 e. The largest absolute Gasteiger partial charge is 0.392 e. The van der Waals surface area contributed by atoms with E-state index >= 15 is 0 Å². The summed E-state index contributed by atoms with van der Waals surface area (Å²) in [5.41, 5.74) is 0.840. The lowest BCUT2D eigenvalue weighted by atomic mass is 9.96. The van der Waals surface area contributed by atoms with Gasteiger partial charge in [-0.15, -0.1) is 0 Å². The van der Waals surface area contributed by atoms with Gasteiger partial charge in [0.05, 0.1) is 18.1 Å².